The minimum Gasteiger partial charge on any atom is -0.466 e. The van der Waals surface area contributed by atoms with Crippen LogP contribution in [0.4, 0.5) is 0 Å². The Labute approximate surface area is 102 Å². The molecular formula is C13H20O4. The summed E-state index contributed by atoms with van der Waals surface area (Å²) in [4.78, 5) is 11.3. The number of carbonyl (C=O) groups excluding carboxylic acids is 1. The van der Waals surface area contributed by atoms with Crippen molar-refractivity contribution in [3.05, 3.63) is 11.6 Å². The van der Waals surface area contributed by atoms with Gasteiger partial charge in [-0.2, -0.15) is 0 Å². The summed E-state index contributed by atoms with van der Waals surface area (Å²) in [7, 11) is 1.38. The summed E-state index contributed by atoms with van der Waals surface area (Å²) < 4.78 is 16.4. The second kappa shape index (κ2) is 5.19. The van der Waals surface area contributed by atoms with Crippen LogP contribution in [-0.2, 0) is 19.0 Å². The van der Waals surface area contributed by atoms with Crippen LogP contribution in [0.15, 0.2) is 11.6 Å². The number of esters is 1. The Morgan fingerprint density at radius 1 is 1.35 bits per heavy atom. The minimum absolute atomic E-state index is 0.118. The molecule has 17 heavy (non-hydrogen) atoms. The Balaban J connectivity index is 1.95. The van der Waals surface area contributed by atoms with Crippen LogP contribution in [0.3, 0.4) is 0 Å². The van der Waals surface area contributed by atoms with E-state index in [1.165, 1.54) is 13.5 Å². The molecule has 1 unspecified atom stereocenters. The van der Waals surface area contributed by atoms with Gasteiger partial charge in [0.1, 0.15) is 6.10 Å². The molecule has 0 aromatic heterocycles. The molecule has 0 radical (unpaired) electrons. The molecule has 0 aromatic carbocycles. The van der Waals surface area contributed by atoms with Crippen LogP contribution in [0.2, 0.25) is 0 Å². The third-order valence-electron chi connectivity index (χ3n) is 3.44. The van der Waals surface area contributed by atoms with E-state index in [2.05, 4.69) is 4.74 Å². The SMILES string of the molecule is COC(=O)C(C)=CC1COC2(CCCCC2)O1. The van der Waals surface area contributed by atoms with Crippen molar-refractivity contribution >= 4 is 5.97 Å². The van der Waals surface area contributed by atoms with Crippen LogP contribution in [0.25, 0.3) is 0 Å². The van der Waals surface area contributed by atoms with E-state index in [1.54, 1.807) is 13.0 Å². The number of ether oxygens (including phenoxy) is 3. The molecule has 1 saturated heterocycles. The summed E-state index contributed by atoms with van der Waals surface area (Å²) >= 11 is 0. The summed E-state index contributed by atoms with van der Waals surface area (Å²) in [6.07, 6.45) is 7.19. The molecule has 2 rings (SSSR count). The van der Waals surface area contributed by atoms with E-state index in [4.69, 9.17) is 9.47 Å². The van der Waals surface area contributed by atoms with Gasteiger partial charge < -0.3 is 14.2 Å². The van der Waals surface area contributed by atoms with Gasteiger partial charge in [-0.15, -0.1) is 0 Å². The molecule has 1 aliphatic heterocycles. The zero-order valence-corrected chi connectivity index (χ0v) is 10.5. The Morgan fingerprint density at radius 3 is 2.71 bits per heavy atom. The molecule has 1 saturated carbocycles. The lowest BCUT2D eigenvalue weighted by Gasteiger charge is -2.31. The lowest BCUT2D eigenvalue weighted by atomic mass is 9.94. The summed E-state index contributed by atoms with van der Waals surface area (Å²) in [6.45, 7) is 2.27. The fourth-order valence-electron chi connectivity index (χ4n) is 2.52. The predicted molar refractivity (Wildman–Crippen MR) is 62.4 cm³/mol. The van der Waals surface area contributed by atoms with Crippen molar-refractivity contribution in [1.29, 1.82) is 0 Å². The highest BCUT2D eigenvalue weighted by Crippen LogP contribution is 2.38. The Morgan fingerprint density at radius 2 is 2.06 bits per heavy atom. The molecule has 2 aliphatic rings. The molecule has 1 heterocycles. The smallest absolute Gasteiger partial charge is 0.333 e. The van der Waals surface area contributed by atoms with Crippen LogP contribution in [0.5, 0.6) is 0 Å². The first-order chi connectivity index (χ1) is 8.15. The average molecular weight is 240 g/mol. The standard InChI is InChI=1S/C13H20O4/c1-10(12(14)15-2)8-11-9-16-13(17-11)6-4-3-5-7-13/h8,11H,3-7,9H2,1-2H3. The average Bonchev–Trinajstić information content (AvgIpc) is 2.72. The topological polar surface area (TPSA) is 44.8 Å². The second-order valence-corrected chi connectivity index (χ2v) is 4.78. The van der Waals surface area contributed by atoms with Gasteiger partial charge in [-0.3, -0.25) is 0 Å². The fourth-order valence-corrected chi connectivity index (χ4v) is 2.52. The molecule has 1 atom stereocenters. The van der Waals surface area contributed by atoms with Crippen LogP contribution in [0.1, 0.15) is 39.0 Å². The Kier molecular flexibility index (Phi) is 3.84. The number of carbonyl (C=O) groups is 1. The molecule has 0 bridgehead atoms. The fraction of sp³-hybridized carbons (Fsp3) is 0.769. The van der Waals surface area contributed by atoms with Crippen molar-refractivity contribution in [2.75, 3.05) is 13.7 Å². The summed E-state index contributed by atoms with van der Waals surface area (Å²) in [5.74, 6) is -0.686. The van der Waals surface area contributed by atoms with Gasteiger partial charge in [-0.25, -0.2) is 4.79 Å². The second-order valence-electron chi connectivity index (χ2n) is 4.78. The third kappa shape index (κ3) is 2.87. The zero-order valence-electron chi connectivity index (χ0n) is 10.5. The van der Waals surface area contributed by atoms with Crippen molar-refractivity contribution in [3.8, 4) is 0 Å². The van der Waals surface area contributed by atoms with Gasteiger partial charge in [0.25, 0.3) is 0 Å². The zero-order chi connectivity index (χ0) is 12.3. The van der Waals surface area contributed by atoms with E-state index in [1.807, 2.05) is 0 Å². The van der Waals surface area contributed by atoms with Gasteiger partial charge in [-0.05, 0) is 25.8 Å². The van der Waals surface area contributed by atoms with Crippen LogP contribution >= 0.6 is 0 Å². The largest absolute Gasteiger partial charge is 0.466 e. The maximum Gasteiger partial charge on any atom is 0.333 e. The van der Waals surface area contributed by atoms with Gasteiger partial charge in [0, 0.05) is 18.4 Å². The molecule has 4 heteroatoms. The summed E-state index contributed by atoms with van der Waals surface area (Å²) in [5, 5.41) is 0. The van der Waals surface area contributed by atoms with Crippen molar-refractivity contribution in [2.45, 2.75) is 50.9 Å². The molecule has 2 fully saturated rings. The Hall–Kier alpha value is -0.870. The van der Waals surface area contributed by atoms with Gasteiger partial charge in [0.15, 0.2) is 5.79 Å². The predicted octanol–water partition coefficient (Wildman–Crippen LogP) is 2.18. The minimum atomic E-state index is -0.379. The number of methoxy groups -OCH3 is 1. The van der Waals surface area contributed by atoms with Gasteiger partial charge in [0.2, 0.25) is 0 Å². The summed E-state index contributed by atoms with van der Waals surface area (Å²) in [5.41, 5.74) is 0.578. The van der Waals surface area contributed by atoms with E-state index < -0.39 is 0 Å². The maximum absolute atomic E-state index is 11.3. The van der Waals surface area contributed by atoms with E-state index in [-0.39, 0.29) is 17.9 Å². The van der Waals surface area contributed by atoms with Gasteiger partial charge >= 0.3 is 5.97 Å². The first-order valence-electron chi connectivity index (χ1n) is 6.24. The van der Waals surface area contributed by atoms with Crippen molar-refractivity contribution in [2.24, 2.45) is 0 Å². The molecule has 0 amide bonds. The number of rotatable bonds is 2. The van der Waals surface area contributed by atoms with Crippen molar-refractivity contribution in [3.63, 3.8) is 0 Å². The molecule has 0 aromatic rings. The van der Waals surface area contributed by atoms with Crippen LogP contribution in [0, 0.1) is 0 Å². The molecule has 96 valence electrons. The lowest BCUT2D eigenvalue weighted by Crippen LogP contribution is -2.33. The van der Waals surface area contributed by atoms with Gasteiger partial charge in [-0.1, -0.05) is 6.42 Å². The first kappa shape index (κ1) is 12.6. The van der Waals surface area contributed by atoms with Crippen molar-refractivity contribution < 1.29 is 19.0 Å². The number of hydrogen-bond acceptors (Lipinski definition) is 4. The molecule has 1 aliphatic carbocycles. The highest BCUT2D eigenvalue weighted by molar-refractivity contribution is 5.87. The van der Waals surface area contributed by atoms with E-state index in [0.717, 1.165) is 25.7 Å². The maximum atomic E-state index is 11.3. The normalized spacial score (nSPS) is 28.4. The third-order valence-corrected chi connectivity index (χ3v) is 3.44. The summed E-state index contributed by atoms with van der Waals surface area (Å²) in [6, 6.07) is 0. The molecule has 0 N–H and O–H groups in total. The molecule has 1 spiro atoms. The Bertz CT molecular complexity index is 315. The van der Waals surface area contributed by atoms with E-state index in [0.29, 0.717) is 12.2 Å². The molecular weight excluding hydrogens is 220 g/mol. The van der Waals surface area contributed by atoms with Crippen LogP contribution in [-0.4, -0.2) is 31.6 Å². The van der Waals surface area contributed by atoms with E-state index >= 15 is 0 Å². The van der Waals surface area contributed by atoms with E-state index in [9.17, 15) is 4.79 Å². The van der Waals surface area contributed by atoms with Gasteiger partial charge in [0.05, 0.1) is 13.7 Å². The van der Waals surface area contributed by atoms with Crippen molar-refractivity contribution in [1.82, 2.24) is 0 Å². The quantitative estimate of drug-likeness (QED) is 0.548. The van der Waals surface area contributed by atoms with Crippen LogP contribution < -0.4 is 0 Å². The monoisotopic (exact) mass is 240 g/mol. The first-order valence-corrected chi connectivity index (χ1v) is 6.24. The molecule has 4 nitrogen and oxygen atoms in total. The lowest BCUT2D eigenvalue weighted by molar-refractivity contribution is -0.183. The highest BCUT2D eigenvalue weighted by atomic mass is 16.7. The number of hydrogen-bond donors (Lipinski definition) is 0. The highest BCUT2D eigenvalue weighted by Gasteiger charge is 2.41.